The number of hydrogen-bond acceptors (Lipinski definition) is 3. The van der Waals surface area contributed by atoms with Crippen molar-refractivity contribution in [2.75, 3.05) is 18.5 Å². The van der Waals surface area contributed by atoms with E-state index in [-0.39, 0.29) is 12.0 Å². The van der Waals surface area contributed by atoms with E-state index in [0.717, 1.165) is 31.5 Å². The second kappa shape index (κ2) is 7.41. The summed E-state index contributed by atoms with van der Waals surface area (Å²) in [7, 11) is 0. The molecule has 2 atom stereocenters. The van der Waals surface area contributed by atoms with Gasteiger partial charge in [-0.2, -0.15) is 0 Å². The molecule has 2 N–H and O–H groups in total. The first-order valence-corrected chi connectivity index (χ1v) is 7.46. The number of hydrogen-bond donors (Lipinski definition) is 2. The molecule has 1 aliphatic rings. The first kappa shape index (κ1) is 15.0. The number of carbonyl (C=O) groups is 1. The van der Waals surface area contributed by atoms with Gasteiger partial charge in [-0.15, -0.1) is 0 Å². The maximum atomic E-state index is 12.0. The Hall–Kier alpha value is -1.39. The largest absolute Gasteiger partial charge is 0.368 e. The summed E-state index contributed by atoms with van der Waals surface area (Å²) in [5, 5.41) is 6.29. The molecule has 4 nitrogen and oxygen atoms in total. The zero-order chi connectivity index (χ0) is 14.4. The van der Waals surface area contributed by atoms with Crippen LogP contribution < -0.4 is 10.6 Å². The van der Waals surface area contributed by atoms with Crippen LogP contribution in [0.1, 0.15) is 44.7 Å². The first-order valence-electron chi connectivity index (χ1n) is 7.46. The molecule has 0 bridgehead atoms. The molecule has 20 heavy (non-hydrogen) atoms. The Labute approximate surface area is 120 Å². The van der Waals surface area contributed by atoms with E-state index in [2.05, 4.69) is 24.5 Å². The summed E-state index contributed by atoms with van der Waals surface area (Å²) in [5.74, 6) is -0.0304. The van der Waals surface area contributed by atoms with E-state index in [0.29, 0.717) is 12.6 Å². The predicted molar refractivity (Wildman–Crippen MR) is 80.8 cm³/mol. The molecule has 1 aromatic carbocycles. The number of ether oxygens (including phenoxy) is 1. The van der Waals surface area contributed by atoms with Gasteiger partial charge in [-0.3, -0.25) is 4.79 Å². The molecule has 1 fully saturated rings. The van der Waals surface area contributed by atoms with Crippen LogP contribution in [0.25, 0.3) is 0 Å². The van der Waals surface area contributed by atoms with Gasteiger partial charge in [0.15, 0.2) is 0 Å². The summed E-state index contributed by atoms with van der Waals surface area (Å²) in [6, 6.07) is 8.31. The Balaban J connectivity index is 1.91. The highest BCUT2D eigenvalue weighted by atomic mass is 16.5. The molecule has 1 aromatic rings. The van der Waals surface area contributed by atoms with Gasteiger partial charge in [-0.1, -0.05) is 19.1 Å². The van der Waals surface area contributed by atoms with Gasteiger partial charge in [0.2, 0.25) is 0 Å². The second-order valence-corrected chi connectivity index (χ2v) is 5.25. The van der Waals surface area contributed by atoms with Crippen molar-refractivity contribution in [3.8, 4) is 0 Å². The lowest BCUT2D eigenvalue weighted by Gasteiger charge is -2.21. The zero-order valence-corrected chi connectivity index (χ0v) is 12.3. The van der Waals surface area contributed by atoms with Crippen molar-refractivity contribution in [3.05, 3.63) is 29.8 Å². The normalized spacial score (nSPS) is 20.4. The Kier molecular flexibility index (Phi) is 5.56. The van der Waals surface area contributed by atoms with Gasteiger partial charge in [-0.05, 0) is 50.4 Å². The summed E-state index contributed by atoms with van der Waals surface area (Å²) >= 11 is 0. The molecule has 0 radical (unpaired) electrons. The summed E-state index contributed by atoms with van der Waals surface area (Å²) < 4.78 is 5.48. The quantitative estimate of drug-likeness (QED) is 0.869. The molecular weight excluding hydrogens is 252 g/mol. The summed E-state index contributed by atoms with van der Waals surface area (Å²) in [4.78, 5) is 12.0. The van der Waals surface area contributed by atoms with Crippen LogP contribution >= 0.6 is 0 Å². The lowest BCUT2D eigenvalue weighted by molar-refractivity contribution is -0.129. The van der Waals surface area contributed by atoms with Crippen molar-refractivity contribution in [1.82, 2.24) is 5.32 Å². The zero-order valence-electron chi connectivity index (χ0n) is 12.3. The minimum atomic E-state index is -0.288. The fourth-order valence-electron chi connectivity index (χ4n) is 2.45. The fourth-order valence-corrected chi connectivity index (χ4v) is 2.45. The van der Waals surface area contributed by atoms with Gasteiger partial charge >= 0.3 is 0 Å². The maximum absolute atomic E-state index is 12.0. The molecule has 1 amide bonds. The van der Waals surface area contributed by atoms with Crippen LogP contribution in [0, 0.1) is 0 Å². The van der Waals surface area contributed by atoms with Crippen molar-refractivity contribution in [1.29, 1.82) is 0 Å². The number of amides is 1. The third-order valence-electron chi connectivity index (χ3n) is 3.66. The average Bonchev–Trinajstić information content (AvgIpc) is 2.49. The Bertz CT molecular complexity index is 425. The third-order valence-corrected chi connectivity index (χ3v) is 3.66. The van der Waals surface area contributed by atoms with Gasteiger partial charge in [0.05, 0.1) is 0 Å². The minimum absolute atomic E-state index is 0.0304. The fraction of sp³-hybridized carbons (Fsp3) is 0.562. The predicted octanol–water partition coefficient (Wildman–Crippen LogP) is 2.86. The van der Waals surface area contributed by atoms with E-state index in [1.54, 1.807) is 0 Å². The molecule has 4 heteroatoms. The second-order valence-electron chi connectivity index (χ2n) is 5.25. The van der Waals surface area contributed by atoms with Crippen LogP contribution in [0.3, 0.4) is 0 Å². The van der Waals surface area contributed by atoms with E-state index in [1.807, 2.05) is 24.3 Å². The number of nitrogens with one attached hydrogen (secondary N) is 2. The Morgan fingerprint density at radius 3 is 2.70 bits per heavy atom. The third kappa shape index (κ3) is 4.05. The molecule has 0 spiro atoms. The van der Waals surface area contributed by atoms with Crippen LogP contribution in [0.15, 0.2) is 24.3 Å². The van der Waals surface area contributed by atoms with Crippen molar-refractivity contribution >= 4 is 11.6 Å². The van der Waals surface area contributed by atoms with Crippen LogP contribution in [0.4, 0.5) is 5.69 Å². The smallest absolute Gasteiger partial charge is 0.253 e. The molecular formula is C16H24N2O2. The van der Waals surface area contributed by atoms with E-state index in [1.165, 1.54) is 5.56 Å². The molecule has 0 aromatic heterocycles. The molecule has 2 unspecified atom stereocenters. The SMILES string of the molecule is CCNC(C)c1ccc(NC(=O)C2CCCCO2)cc1. The van der Waals surface area contributed by atoms with E-state index >= 15 is 0 Å². The lowest BCUT2D eigenvalue weighted by Crippen LogP contribution is -2.33. The minimum Gasteiger partial charge on any atom is -0.368 e. The number of anilines is 1. The highest BCUT2D eigenvalue weighted by Gasteiger charge is 2.21. The maximum Gasteiger partial charge on any atom is 0.253 e. The van der Waals surface area contributed by atoms with Crippen molar-refractivity contribution in [2.24, 2.45) is 0 Å². The van der Waals surface area contributed by atoms with Gasteiger partial charge in [0.1, 0.15) is 6.10 Å². The van der Waals surface area contributed by atoms with Gasteiger partial charge in [-0.25, -0.2) is 0 Å². The topological polar surface area (TPSA) is 50.4 Å². The average molecular weight is 276 g/mol. The van der Waals surface area contributed by atoms with Crippen LogP contribution in [0.5, 0.6) is 0 Å². The molecule has 110 valence electrons. The molecule has 1 heterocycles. The molecule has 0 aliphatic carbocycles. The van der Waals surface area contributed by atoms with Gasteiger partial charge in [0, 0.05) is 18.3 Å². The number of carbonyl (C=O) groups excluding carboxylic acids is 1. The van der Waals surface area contributed by atoms with Gasteiger partial charge < -0.3 is 15.4 Å². The van der Waals surface area contributed by atoms with Crippen LogP contribution in [0.2, 0.25) is 0 Å². The highest BCUT2D eigenvalue weighted by molar-refractivity contribution is 5.94. The van der Waals surface area contributed by atoms with Crippen molar-refractivity contribution < 1.29 is 9.53 Å². The van der Waals surface area contributed by atoms with Crippen molar-refractivity contribution in [2.45, 2.75) is 45.3 Å². The standard InChI is InChI=1S/C16H24N2O2/c1-3-17-12(2)13-7-9-14(10-8-13)18-16(19)15-6-4-5-11-20-15/h7-10,12,15,17H,3-6,11H2,1-2H3,(H,18,19). The number of benzene rings is 1. The summed E-state index contributed by atoms with van der Waals surface area (Å²) in [6.45, 7) is 5.86. The van der Waals surface area contributed by atoms with E-state index in [4.69, 9.17) is 4.74 Å². The first-order chi connectivity index (χ1) is 9.70. The van der Waals surface area contributed by atoms with Crippen molar-refractivity contribution in [3.63, 3.8) is 0 Å². The lowest BCUT2D eigenvalue weighted by atomic mass is 10.1. The number of rotatable bonds is 5. The van der Waals surface area contributed by atoms with E-state index in [9.17, 15) is 4.79 Å². The monoisotopic (exact) mass is 276 g/mol. The Morgan fingerprint density at radius 2 is 2.10 bits per heavy atom. The molecule has 1 saturated heterocycles. The molecule has 2 rings (SSSR count). The summed E-state index contributed by atoms with van der Waals surface area (Å²) in [6.07, 6.45) is 2.66. The molecule has 1 aliphatic heterocycles. The van der Waals surface area contributed by atoms with Gasteiger partial charge in [0.25, 0.3) is 5.91 Å². The van der Waals surface area contributed by atoms with Crippen LogP contribution in [-0.4, -0.2) is 25.2 Å². The Morgan fingerprint density at radius 1 is 1.35 bits per heavy atom. The van der Waals surface area contributed by atoms with E-state index < -0.39 is 0 Å². The summed E-state index contributed by atoms with van der Waals surface area (Å²) in [5.41, 5.74) is 2.05. The van der Waals surface area contributed by atoms with Crippen LogP contribution in [-0.2, 0) is 9.53 Å². The molecule has 0 saturated carbocycles. The highest BCUT2D eigenvalue weighted by Crippen LogP contribution is 2.18.